The summed E-state index contributed by atoms with van der Waals surface area (Å²) in [5.74, 6) is 0.991. The van der Waals surface area contributed by atoms with E-state index in [9.17, 15) is 0 Å². The van der Waals surface area contributed by atoms with E-state index in [0.29, 0.717) is 0 Å². The Bertz CT molecular complexity index is 933. The Labute approximate surface area is 129 Å². The van der Waals surface area contributed by atoms with Crippen molar-refractivity contribution in [1.29, 1.82) is 0 Å². The van der Waals surface area contributed by atoms with E-state index < -0.39 is 0 Å². The molecule has 2 heteroatoms. The number of rotatable bonds is 2. The maximum Gasteiger partial charge on any atom is 0.139 e. The van der Waals surface area contributed by atoms with Crippen molar-refractivity contribution in [1.82, 2.24) is 9.55 Å². The van der Waals surface area contributed by atoms with Gasteiger partial charge in [0.1, 0.15) is 5.82 Å². The van der Waals surface area contributed by atoms with Crippen LogP contribution in [-0.2, 0) is 7.05 Å². The molecular weight excluding hydrogens is 268 g/mol. The largest absolute Gasteiger partial charge is 0.334 e. The zero-order chi connectivity index (χ0) is 14.9. The lowest BCUT2D eigenvalue weighted by Gasteiger charge is -2.06. The lowest BCUT2D eigenvalue weighted by molar-refractivity contribution is 0.925. The normalized spacial score (nSPS) is 11.0. The van der Waals surface area contributed by atoms with Crippen LogP contribution in [0, 0.1) is 0 Å². The van der Waals surface area contributed by atoms with Gasteiger partial charge in [-0.15, -0.1) is 0 Å². The third-order valence-corrected chi connectivity index (χ3v) is 4.05. The number of imidazole rings is 1. The van der Waals surface area contributed by atoms with Crippen LogP contribution in [0.3, 0.4) is 0 Å². The first-order valence-electron chi connectivity index (χ1n) is 7.38. The van der Waals surface area contributed by atoms with E-state index in [0.717, 1.165) is 11.4 Å². The molecule has 3 aromatic carbocycles. The predicted octanol–water partition coefficient (Wildman–Crippen LogP) is 4.91. The molecule has 0 radical (unpaired) electrons. The number of nitrogens with zero attached hydrogens (tertiary/aromatic N) is 2. The second kappa shape index (κ2) is 5.15. The summed E-state index contributed by atoms with van der Waals surface area (Å²) in [4.78, 5) is 4.39. The number of aryl methyl sites for hydroxylation is 1. The Morgan fingerprint density at radius 3 is 2.14 bits per heavy atom. The molecule has 0 saturated carbocycles. The Hall–Kier alpha value is -2.87. The minimum Gasteiger partial charge on any atom is -0.334 e. The molecule has 0 saturated heterocycles. The average molecular weight is 284 g/mol. The number of aromatic nitrogens is 2. The standard InChI is InChI=1S/C20H16N2/c1-22-13-12-21-20(22)17-9-6-16(7-10-17)19-11-8-15-4-2-3-5-18(15)14-19/h2-14H,1H3. The third-order valence-electron chi connectivity index (χ3n) is 4.05. The first-order chi connectivity index (χ1) is 10.8. The van der Waals surface area contributed by atoms with Crippen LogP contribution in [0.1, 0.15) is 0 Å². The molecule has 22 heavy (non-hydrogen) atoms. The Morgan fingerprint density at radius 1 is 0.727 bits per heavy atom. The van der Waals surface area contributed by atoms with Gasteiger partial charge in [-0.3, -0.25) is 0 Å². The fourth-order valence-corrected chi connectivity index (χ4v) is 2.82. The van der Waals surface area contributed by atoms with Gasteiger partial charge in [0, 0.05) is 25.0 Å². The molecule has 2 nitrogen and oxygen atoms in total. The number of hydrogen-bond donors (Lipinski definition) is 0. The molecule has 1 heterocycles. The smallest absolute Gasteiger partial charge is 0.139 e. The van der Waals surface area contributed by atoms with Crippen molar-refractivity contribution in [3.63, 3.8) is 0 Å². The van der Waals surface area contributed by atoms with Crippen molar-refractivity contribution in [3.05, 3.63) is 79.1 Å². The van der Waals surface area contributed by atoms with Gasteiger partial charge in [-0.05, 0) is 28.0 Å². The average Bonchev–Trinajstić information content (AvgIpc) is 3.01. The predicted molar refractivity (Wildman–Crippen MR) is 91.6 cm³/mol. The van der Waals surface area contributed by atoms with E-state index in [1.807, 2.05) is 24.0 Å². The van der Waals surface area contributed by atoms with Crippen LogP contribution < -0.4 is 0 Å². The molecular formula is C20H16N2. The molecule has 0 unspecified atom stereocenters. The molecule has 0 aliphatic carbocycles. The maximum absolute atomic E-state index is 4.39. The molecule has 4 rings (SSSR count). The van der Waals surface area contributed by atoms with Crippen molar-refractivity contribution < 1.29 is 0 Å². The zero-order valence-electron chi connectivity index (χ0n) is 12.4. The van der Waals surface area contributed by atoms with E-state index in [1.165, 1.54) is 21.9 Å². The monoisotopic (exact) mass is 284 g/mol. The van der Waals surface area contributed by atoms with Gasteiger partial charge in [-0.25, -0.2) is 4.98 Å². The molecule has 0 N–H and O–H groups in total. The van der Waals surface area contributed by atoms with Gasteiger partial charge >= 0.3 is 0 Å². The van der Waals surface area contributed by atoms with Crippen LogP contribution in [0.15, 0.2) is 79.1 Å². The summed E-state index contributed by atoms with van der Waals surface area (Å²) in [5, 5.41) is 2.55. The molecule has 0 spiro atoms. The Kier molecular flexibility index (Phi) is 3.01. The van der Waals surface area contributed by atoms with Crippen molar-refractivity contribution in [2.45, 2.75) is 0 Å². The van der Waals surface area contributed by atoms with Crippen LogP contribution in [0.5, 0.6) is 0 Å². The summed E-state index contributed by atoms with van der Waals surface area (Å²) in [7, 11) is 2.01. The molecule has 0 bridgehead atoms. The summed E-state index contributed by atoms with van der Waals surface area (Å²) in [6.07, 6.45) is 3.79. The van der Waals surface area contributed by atoms with Gasteiger partial charge in [-0.2, -0.15) is 0 Å². The molecule has 0 fully saturated rings. The van der Waals surface area contributed by atoms with Gasteiger partial charge in [0.2, 0.25) is 0 Å². The molecule has 0 aliphatic rings. The minimum absolute atomic E-state index is 0.991. The summed E-state index contributed by atoms with van der Waals surface area (Å²) in [6.45, 7) is 0. The van der Waals surface area contributed by atoms with E-state index in [4.69, 9.17) is 0 Å². The minimum atomic E-state index is 0.991. The SMILES string of the molecule is Cn1ccnc1-c1ccc(-c2ccc3ccccc3c2)cc1. The lowest BCUT2D eigenvalue weighted by atomic mass is 10.0. The van der Waals surface area contributed by atoms with Crippen LogP contribution in [0.2, 0.25) is 0 Å². The van der Waals surface area contributed by atoms with Gasteiger partial charge in [0.05, 0.1) is 0 Å². The Morgan fingerprint density at radius 2 is 1.41 bits per heavy atom. The first kappa shape index (κ1) is 12.8. The summed E-state index contributed by atoms with van der Waals surface area (Å²) in [5.41, 5.74) is 3.60. The second-order valence-electron chi connectivity index (χ2n) is 5.50. The van der Waals surface area contributed by atoms with Crippen molar-refractivity contribution >= 4 is 10.8 Å². The van der Waals surface area contributed by atoms with Crippen LogP contribution in [0.4, 0.5) is 0 Å². The van der Waals surface area contributed by atoms with Gasteiger partial charge in [0.15, 0.2) is 0 Å². The molecule has 0 aliphatic heterocycles. The van der Waals surface area contributed by atoms with Gasteiger partial charge < -0.3 is 4.57 Å². The zero-order valence-corrected chi connectivity index (χ0v) is 12.4. The Balaban J connectivity index is 1.74. The highest BCUT2D eigenvalue weighted by atomic mass is 15.0. The first-order valence-corrected chi connectivity index (χ1v) is 7.38. The molecule has 0 atom stereocenters. The number of hydrogen-bond acceptors (Lipinski definition) is 1. The third kappa shape index (κ3) is 2.19. The molecule has 0 amide bonds. The quantitative estimate of drug-likeness (QED) is 0.511. The van der Waals surface area contributed by atoms with Crippen LogP contribution in [0.25, 0.3) is 33.3 Å². The second-order valence-corrected chi connectivity index (χ2v) is 5.50. The van der Waals surface area contributed by atoms with Crippen molar-refractivity contribution in [2.75, 3.05) is 0 Å². The number of benzene rings is 3. The highest BCUT2D eigenvalue weighted by Gasteiger charge is 2.04. The fraction of sp³-hybridized carbons (Fsp3) is 0.0500. The summed E-state index contributed by atoms with van der Waals surface area (Å²) in [6, 6.07) is 23.6. The van der Waals surface area contributed by atoms with E-state index in [1.54, 1.807) is 0 Å². The maximum atomic E-state index is 4.39. The topological polar surface area (TPSA) is 17.8 Å². The van der Waals surface area contributed by atoms with E-state index in [2.05, 4.69) is 71.7 Å². The van der Waals surface area contributed by atoms with Gasteiger partial charge in [-0.1, -0.05) is 60.7 Å². The summed E-state index contributed by atoms with van der Waals surface area (Å²) < 4.78 is 2.03. The van der Waals surface area contributed by atoms with Gasteiger partial charge in [0.25, 0.3) is 0 Å². The van der Waals surface area contributed by atoms with Crippen molar-refractivity contribution in [3.8, 4) is 22.5 Å². The van der Waals surface area contributed by atoms with Crippen LogP contribution >= 0.6 is 0 Å². The molecule has 106 valence electrons. The highest BCUT2D eigenvalue weighted by Crippen LogP contribution is 2.26. The van der Waals surface area contributed by atoms with Crippen molar-refractivity contribution in [2.24, 2.45) is 7.05 Å². The summed E-state index contributed by atoms with van der Waals surface area (Å²) >= 11 is 0. The van der Waals surface area contributed by atoms with E-state index >= 15 is 0 Å². The van der Waals surface area contributed by atoms with Crippen LogP contribution in [-0.4, -0.2) is 9.55 Å². The number of fused-ring (bicyclic) bond motifs is 1. The highest BCUT2D eigenvalue weighted by molar-refractivity contribution is 5.87. The lowest BCUT2D eigenvalue weighted by Crippen LogP contribution is -1.90. The molecule has 4 aromatic rings. The fourth-order valence-electron chi connectivity index (χ4n) is 2.82. The molecule has 1 aromatic heterocycles. The van der Waals surface area contributed by atoms with E-state index in [-0.39, 0.29) is 0 Å².